The molecule has 0 aliphatic carbocycles. The minimum Gasteiger partial charge on any atom is -0.495 e. The number of para-hydroxylation sites is 2. The van der Waals surface area contributed by atoms with Crippen LogP contribution in [0.25, 0.3) is 0 Å². The van der Waals surface area contributed by atoms with Gasteiger partial charge in [-0.25, -0.2) is 0 Å². The van der Waals surface area contributed by atoms with E-state index in [1.165, 1.54) is 6.42 Å². The zero-order valence-corrected chi connectivity index (χ0v) is 13.4. The molecule has 1 aliphatic rings. The lowest BCUT2D eigenvalue weighted by Crippen LogP contribution is -2.46. The van der Waals surface area contributed by atoms with E-state index in [9.17, 15) is 4.79 Å². The number of piperidine rings is 1. The Hall–Kier alpha value is -1.30. The lowest BCUT2D eigenvalue weighted by molar-refractivity contribution is -0.117. The van der Waals surface area contributed by atoms with Crippen molar-refractivity contribution in [2.24, 2.45) is 0 Å². The van der Waals surface area contributed by atoms with Gasteiger partial charge >= 0.3 is 0 Å². The minimum atomic E-state index is 0. The third kappa shape index (κ3) is 5.19. The number of amides is 1. The summed E-state index contributed by atoms with van der Waals surface area (Å²) in [5.41, 5.74) is 0.724. The van der Waals surface area contributed by atoms with Crippen LogP contribution in [0, 0.1) is 0 Å². The van der Waals surface area contributed by atoms with E-state index >= 15 is 0 Å². The van der Waals surface area contributed by atoms with E-state index in [0.717, 1.165) is 25.2 Å². The van der Waals surface area contributed by atoms with Crippen molar-refractivity contribution in [3.63, 3.8) is 0 Å². The highest BCUT2D eigenvalue weighted by molar-refractivity contribution is 5.93. The van der Waals surface area contributed by atoms with Crippen LogP contribution in [0.5, 0.6) is 5.75 Å². The van der Waals surface area contributed by atoms with E-state index in [1.807, 2.05) is 31.3 Å². The summed E-state index contributed by atoms with van der Waals surface area (Å²) in [5, 5.41) is 6.20. The highest BCUT2D eigenvalue weighted by Crippen LogP contribution is 2.23. The number of rotatable bonds is 5. The zero-order valence-electron chi connectivity index (χ0n) is 12.6. The van der Waals surface area contributed by atoms with Gasteiger partial charge in [-0.1, -0.05) is 12.1 Å². The molecule has 1 amide bonds. The van der Waals surface area contributed by atoms with Crippen molar-refractivity contribution in [3.05, 3.63) is 24.3 Å². The molecule has 2 N–H and O–H groups in total. The first-order chi connectivity index (χ1) is 9.72. The topological polar surface area (TPSA) is 53.6 Å². The number of hydrogen-bond acceptors (Lipinski definition) is 4. The van der Waals surface area contributed by atoms with Crippen molar-refractivity contribution in [3.8, 4) is 5.75 Å². The summed E-state index contributed by atoms with van der Waals surface area (Å²) in [5.74, 6) is 0.693. The van der Waals surface area contributed by atoms with Crippen molar-refractivity contribution < 1.29 is 9.53 Å². The van der Waals surface area contributed by atoms with Crippen LogP contribution >= 0.6 is 12.4 Å². The monoisotopic (exact) mass is 313 g/mol. The van der Waals surface area contributed by atoms with Crippen molar-refractivity contribution >= 4 is 24.0 Å². The van der Waals surface area contributed by atoms with E-state index in [2.05, 4.69) is 15.5 Å². The number of ether oxygens (including phenoxy) is 1. The molecule has 1 saturated heterocycles. The maximum absolute atomic E-state index is 12.1. The fourth-order valence-electron chi connectivity index (χ4n) is 2.58. The molecular weight excluding hydrogens is 290 g/mol. The van der Waals surface area contributed by atoms with E-state index < -0.39 is 0 Å². The molecule has 21 heavy (non-hydrogen) atoms. The molecule has 2 rings (SSSR count). The van der Waals surface area contributed by atoms with Gasteiger partial charge in [0.25, 0.3) is 0 Å². The molecule has 0 radical (unpaired) electrons. The fraction of sp³-hybridized carbons (Fsp3) is 0.533. The number of hydrogen-bond donors (Lipinski definition) is 2. The van der Waals surface area contributed by atoms with E-state index in [-0.39, 0.29) is 18.3 Å². The molecule has 118 valence electrons. The normalized spacial score (nSPS) is 18.7. The highest BCUT2D eigenvalue weighted by atomic mass is 35.5. The Morgan fingerprint density at radius 2 is 2.19 bits per heavy atom. The maximum atomic E-state index is 12.1. The Labute approximate surface area is 132 Å². The average Bonchev–Trinajstić information content (AvgIpc) is 2.48. The van der Waals surface area contributed by atoms with Crippen LogP contribution in [0.1, 0.15) is 12.8 Å². The van der Waals surface area contributed by atoms with Gasteiger partial charge in [0.15, 0.2) is 0 Å². The minimum absolute atomic E-state index is 0. The van der Waals surface area contributed by atoms with Gasteiger partial charge in [0.05, 0.1) is 19.3 Å². The maximum Gasteiger partial charge on any atom is 0.238 e. The van der Waals surface area contributed by atoms with Crippen LogP contribution < -0.4 is 15.4 Å². The van der Waals surface area contributed by atoms with Crippen LogP contribution in [0.3, 0.4) is 0 Å². The smallest absolute Gasteiger partial charge is 0.238 e. The molecule has 1 aliphatic heterocycles. The molecule has 1 fully saturated rings. The molecule has 0 saturated carbocycles. The summed E-state index contributed by atoms with van der Waals surface area (Å²) in [6.07, 6.45) is 2.31. The van der Waals surface area contributed by atoms with Crippen molar-refractivity contribution in [1.82, 2.24) is 10.2 Å². The molecule has 1 aromatic carbocycles. The van der Waals surface area contributed by atoms with Crippen LogP contribution in [0.15, 0.2) is 24.3 Å². The Kier molecular flexibility index (Phi) is 7.50. The number of anilines is 1. The Bertz CT molecular complexity index is 456. The first kappa shape index (κ1) is 17.8. The van der Waals surface area contributed by atoms with Crippen molar-refractivity contribution in [2.45, 2.75) is 18.9 Å². The van der Waals surface area contributed by atoms with Gasteiger partial charge in [-0.2, -0.15) is 0 Å². The molecule has 1 aromatic rings. The standard InChI is InChI=1S/C15H23N3O2.ClH/c1-16-12-6-5-9-18(10-12)11-15(19)17-13-7-3-4-8-14(13)20-2;/h3-4,7-8,12,16H,5-6,9-11H2,1-2H3,(H,17,19);1H. The van der Waals surface area contributed by atoms with Crippen molar-refractivity contribution in [2.75, 3.05) is 39.1 Å². The molecular formula is C15H24ClN3O2. The number of likely N-dealkylation sites (tertiary alicyclic amines) is 1. The molecule has 5 nitrogen and oxygen atoms in total. The molecule has 0 spiro atoms. The lowest BCUT2D eigenvalue weighted by Gasteiger charge is -2.31. The lowest BCUT2D eigenvalue weighted by atomic mass is 10.1. The summed E-state index contributed by atoms with van der Waals surface area (Å²) in [7, 11) is 3.58. The Morgan fingerprint density at radius 3 is 2.90 bits per heavy atom. The van der Waals surface area contributed by atoms with Gasteiger partial charge in [0, 0.05) is 12.6 Å². The fourth-order valence-corrected chi connectivity index (χ4v) is 2.58. The predicted molar refractivity (Wildman–Crippen MR) is 87.4 cm³/mol. The summed E-state index contributed by atoms with van der Waals surface area (Å²) in [4.78, 5) is 14.3. The van der Waals surface area contributed by atoms with Gasteiger partial charge in [-0.15, -0.1) is 12.4 Å². The number of nitrogens with zero attached hydrogens (tertiary/aromatic N) is 1. The van der Waals surface area contributed by atoms with Crippen LogP contribution in [0.4, 0.5) is 5.69 Å². The number of halogens is 1. The van der Waals surface area contributed by atoms with Gasteiger partial charge in [0.1, 0.15) is 5.75 Å². The second kappa shape index (κ2) is 8.87. The number of methoxy groups -OCH3 is 1. The third-order valence-corrected chi connectivity index (χ3v) is 3.66. The van der Waals surface area contributed by atoms with Crippen LogP contribution in [-0.4, -0.2) is 50.6 Å². The molecule has 1 unspecified atom stereocenters. The zero-order chi connectivity index (χ0) is 14.4. The molecule has 0 aromatic heterocycles. The highest BCUT2D eigenvalue weighted by Gasteiger charge is 2.20. The van der Waals surface area contributed by atoms with Crippen molar-refractivity contribution in [1.29, 1.82) is 0 Å². The second-order valence-corrected chi connectivity index (χ2v) is 5.11. The van der Waals surface area contributed by atoms with Crippen LogP contribution in [-0.2, 0) is 4.79 Å². The Morgan fingerprint density at radius 1 is 1.43 bits per heavy atom. The van der Waals surface area contributed by atoms with E-state index in [4.69, 9.17) is 4.74 Å². The quantitative estimate of drug-likeness (QED) is 0.869. The van der Waals surface area contributed by atoms with E-state index in [0.29, 0.717) is 18.3 Å². The first-order valence-electron chi connectivity index (χ1n) is 7.05. The number of carbonyl (C=O) groups excluding carboxylic acids is 1. The van der Waals surface area contributed by atoms with Crippen LogP contribution in [0.2, 0.25) is 0 Å². The van der Waals surface area contributed by atoms with Gasteiger partial charge in [-0.05, 0) is 38.6 Å². The average molecular weight is 314 g/mol. The summed E-state index contributed by atoms with van der Waals surface area (Å²) in [6, 6.07) is 7.95. The number of likely N-dealkylation sites (N-methyl/N-ethyl adjacent to an activating group) is 1. The summed E-state index contributed by atoms with van der Waals surface area (Å²) < 4.78 is 5.23. The Balaban J connectivity index is 0.00000220. The van der Waals surface area contributed by atoms with Gasteiger partial charge in [-0.3, -0.25) is 9.69 Å². The number of benzene rings is 1. The summed E-state index contributed by atoms with van der Waals surface area (Å²) >= 11 is 0. The largest absolute Gasteiger partial charge is 0.495 e. The van der Waals surface area contributed by atoms with E-state index in [1.54, 1.807) is 7.11 Å². The molecule has 1 heterocycles. The third-order valence-electron chi connectivity index (χ3n) is 3.66. The predicted octanol–water partition coefficient (Wildman–Crippen LogP) is 1.74. The molecule has 0 bridgehead atoms. The second-order valence-electron chi connectivity index (χ2n) is 5.11. The number of nitrogens with one attached hydrogen (secondary N) is 2. The SMILES string of the molecule is CNC1CCCN(CC(=O)Nc2ccccc2OC)C1.Cl. The first-order valence-corrected chi connectivity index (χ1v) is 7.05. The van der Waals surface area contributed by atoms with Gasteiger partial charge in [0.2, 0.25) is 5.91 Å². The van der Waals surface area contributed by atoms with Gasteiger partial charge < -0.3 is 15.4 Å². The summed E-state index contributed by atoms with van der Waals surface area (Å²) in [6.45, 7) is 2.34. The molecule has 1 atom stereocenters. The number of carbonyl (C=O) groups is 1. The molecule has 6 heteroatoms.